The predicted molar refractivity (Wildman–Crippen MR) is 69.3 cm³/mol. The Morgan fingerprint density at radius 2 is 2.22 bits per heavy atom. The predicted octanol–water partition coefficient (Wildman–Crippen LogP) is 3.03. The molecule has 1 aromatic carbocycles. The van der Waals surface area contributed by atoms with Gasteiger partial charge in [-0.15, -0.1) is 0 Å². The summed E-state index contributed by atoms with van der Waals surface area (Å²) in [6, 6.07) is 4.55. The molecule has 94 valence electrons. The zero-order valence-electron chi connectivity index (χ0n) is 9.85. The van der Waals surface area contributed by atoms with Crippen LogP contribution in [0.1, 0.15) is 5.69 Å². The normalized spacial score (nSPS) is 10.4. The number of nitro benzene ring substituents is 1. The van der Waals surface area contributed by atoms with Gasteiger partial charge in [0.25, 0.3) is 5.69 Å². The Bertz CT molecular complexity index is 609. The van der Waals surface area contributed by atoms with E-state index in [4.69, 9.17) is 11.6 Å². The van der Waals surface area contributed by atoms with Gasteiger partial charge in [0, 0.05) is 19.3 Å². The van der Waals surface area contributed by atoms with Gasteiger partial charge in [0.15, 0.2) is 0 Å². The molecular weight excluding hydrogens is 256 g/mol. The molecule has 0 spiro atoms. The SMILES string of the molecule is Cc1nn(C)cc1Nc1c(Cl)cccc1[N+](=O)[O-]. The lowest BCUT2D eigenvalue weighted by Crippen LogP contribution is -1.98. The van der Waals surface area contributed by atoms with Gasteiger partial charge in [-0.3, -0.25) is 14.8 Å². The van der Waals surface area contributed by atoms with Crippen molar-refractivity contribution < 1.29 is 4.92 Å². The molecule has 0 saturated carbocycles. The molecule has 2 rings (SSSR count). The first-order valence-electron chi connectivity index (χ1n) is 5.19. The zero-order valence-corrected chi connectivity index (χ0v) is 10.6. The molecule has 18 heavy (non-hydrogen) atoms. The zero-order chi connectivity index (χ0) is 13.3. The third-order valence-corrected chi connectivity index (χ3v) is 2.78. The molecule has 0 saturated heterocycles. The fourth-order valence-corrected chi connectivity index (χ4v) is 1.86. The van der Waals surface area contributed by atoms with Crippen LogP contribution in [0, 0.1) is 17.0 Å². The number of aryl methyl sites for hydroxylation is 2. The van der Waals surface area contributed by atoms with Gasteiger partial charge in [-0.05, 0) is 13.0 Å². The second kappa shape index (κ2) is 4.66. The van der Waals surface area contributed by atoms with Gasteiger partial charge in [0.05, 0.1) is 21.3 Å². The van der Waals surface area contributed by atoms with Gasteiger partial charge in [-0.2, -0.15) is 5.10 Å². The lowest BCUT2D eigenvalue weighted by molar-refractivity contribution is -0.383. The number of aromatic nitrogens is 2. The van der Waals surface area contributed by atoms with Crippen LogP contribution in [0.5, 0.6) is 0 Å². The maximum atomic E-state index is 10.9. The van der Waals surface area contributed by atoms with Crippen LogP contribution in [-0.2, 0) is 7.05 Å². The Morgan fingerprint density at radius 1 is 1.50 bits per heavy atom. The molecule has 0 fully saturated rings. The Morgan fingerprint density at radius 3 is 2.78 bits per heavy atom. The summed E-state index contributed by atoms with van der Waals surface area (Å²) in [5.41, 5.74) is 1.64. The van der Waals surface area contributed by atoms with Crippen LogP contribution in [0.25, 0.3) is 0 Å². The monoisotopic (exact) mass is 266 g/mol. The van der Waals surface area contributed by atoms with Crippen LogP contribution < -0.4 is 5.32 Å². The smallest absolute Gasteiger partial charge is 0.294 e. The van der Waals surface area contributed by atoms with Crippen molar-refractivity contribution in [1.82, 2.24) is 9.78 Å². The van der Waals surface area contributed by atoms with Gasteiger partial charge in [0.2, 0.25) is 0 Å². The first-order valence-corrected chi connectivity index (χ1v) is 5.57. The molecular formula is C11H11ClN4O2. The fraction of sp³-hybridized carbons (Fsp3) is 0.182. The first-order chi connectivity index (χ1) is 8.49. The minimum atomic E-state index is -0.472. The van der Waals surface area contributed by atoms with E-state index in [-0.39, 0.29) is 11.4 Å². The highest BCUT2D eigenvalue weighted by atomic mass is 35.5. The lowest BCUT2D eigenvalue weighted by atomic mass is 10.2. The van der Waals surface area contributed by atoms with Gasteiger partial charge in [0.1, 0.15) is 5.69 Å². The fourth-order valence-electron chi connectivity index (χ4n) is 1.65. The molecule has 0 aliphatic carbocycles. The second-order valence-electron chi connectivity index (χ2n) is 3.82. The summed E-state index contributed by atoms with van der Waals surface area (Å²) in [7, 11) is 1.78. The average molecular weight is 267 g/mol. The van der Waals surface area contributed by atoms with Crippen molar-refractivity contribution in [3.63, 3.8) is 0 Å². The molecule has 0 amide bonds. The maximum absolute atomic E-state index is 10.9. The van der Waals surface area contributed by atoms with E-state index in [1.54, 1.807) is 30.1 Å². The number of benzene rings is 1. The molecule has 0 atom stereocenters. The van der Waals surface area contributed by atoms with Crippen molar-refractivity contribution in [3.8, 4) is 0 Å². The van der Waals surface area contributed by atoms with Crippen molar-refractivity contribution in [2.45, 2.75) is 6.92 Å². The summed E-state index contributed by atoms with van der Waals surface area (Å²) in [5, 5.41) is 18.3. The van der Waals surface area contributed by atoms with E-state index in [1.165, 1.54) is 6.07 Å². The highest BCUT2D eigenvalue weighted by molar-refractivity contribution is 6.33. The van der Waals surface area contributed by atoms with E-state index in [9.17, 15) is 10.1 Å². The third kappa shape index (κ3) is 2.28. The van der Waals surface area contributed by atoms with Crippen LogP contribution in [0.3, 0.4) is 0 Å². The Labute approximate surface area is 108 Å². The number of hydrogen-bond acceptors (Lipinski definition) is 4. The standard InChI is InChI=1S/C11H11ClN4O2/c1-7-9(6-15(2)14-7)13-11-8(12)4-3-5-10(11)16(17)18/h3-6,13H,1-2H3. The highest BCUT2D eigenvalue weighted by Gasteiger charge is 2.18. The quantitative estimate of drug-likeness (QED) is 0.684. The van der Waals surface area contributed by atoms with E-state index in [2.05, 4.69) is 10.4 Å². The van der Waals surface area contributed by atoms with E-state index in [1.807, 2.05) is 6.92 Å². The molecule has 2 aromatic rings. The lowest BCUT2D eigenvalue weighted by Gasteiger charge is -2.07. The number of rotatable bonds is 3. The molecule has 0 aliphatic heterocycles. The molecule has 7 heteroatoms. The van der Waals surface area contributed by atoms with Crippen LogP contribution >= 0.6 is 11.6 Å². The summed E-state index contributed by atoms with van der Waals surface area (Å²) >= 11 is 5.99. The Balaban J connectivity index is 2.45. The Hall–Kier alpha value is -2.08. The van der Waals surface area contributed by atoms with Crippen LogP contribution in [0.2, 0.25) is 5.02 Å². The number of nitrogens with one attached hydrogen (secondary N) is 1. The van der Waals surface area contributed by atoms with E-state index < -0.39 is 4.92 Å². The van der Waals surface area contributed by atoms with E-state index in [0.29, 0.717) is 10.7 Å². The van der Waals surface area contributed by atoms with Crippen molar-refractivity contribution in [3.05, 3.63) is 45.2 Å². The summed E-state index contributed by atoms with van der Waals surface area (Å²) in [5.74, 6) is 0. The van der Waals surface area contributed by atoms with Gasteiger partial charge >= 0.3 is 0 Å². The number of nitro groups is 1. The van der Waals surface area contributed by atoms with Crippen molar-refractivity contribution in [1.29, 1.82) is 0 Å². The largest absolute Gasteiger partial charge is 0.346 e. The molecule has 0 radical (unpaired) electrons. The maximum Gasteiger partial charge on any atom is 0.294 e. The van der Waals surface area contributed by atoms with Crippen molar-refractivity contribution in [2.75, 3.05) is 5.32 Å². The van der Waals surface area contributed by atoms with Gasteiger partial charge < -0.3 is 5.32 Å². The topological polar surface area (TPSA) is 73.0 Å². The molecule has 1 N–H and O–H groups in total. The number of anilines is 2. The summed E-state index contributed by atoms with van der Waals surface area (Å²) in [4.78, 5) is 10.5. The van der Waals surface area contributed by atoms with Gasteiger partial charge in [-0.25, -0.2) is 0 Å². The average Bonchev–Trinajstić information content (AvgIpc) is 2.60. The first kappa shape index (κ1) is 12.4. The summed E-state index contributed by atoms with van der Waals surface area (Å²) in [6.45, 7) is 1.81. The molecule has 0 unspecified atom stereocenters. The highest BCUT2D eigenvalue weighted by Crippen LogP contribution is 2.34. The van der Waals surface area contributed by atoms with Crippen LogP contribution in [0.15, 0.2) is 24.4 Å². The molecule has 1 aromatic heterocycles. The minimum absolute atomic E-state index is 0.0641. The minimum Gasteiger partial charge on any atom is -0.346 e. The van der Waals surface area contributed by atoms with E-state index >= 15 is 0 Å². The number of nitrogens with zero attached hydrogens (tertiary/aromatic N) is 3. The van der Waals surface area contributed by atoms with Gasteiger partial charge in [-0.1, -0.05) is 17.7 Å². The number of para-hydroxylation sites is 1. The van der Waals surface area contributed by atoms with E-state index in [0.717, 1.165) is 5.69 Å². The van der Waals surface area contributed by atoms with Crippen molar-refractivity contribution >= 4 is 28.7 Å². The number of hydrogen-bond donors (Lipinski definition) is 1. The second-order valence-corrected chi connectivity index (χ2v) is 4.23. The molecule has 0 aliphatic rings. The van der Waals surface area contributed by atoms with Crippen LogP contribution in [0.4, 0.5) is 17.1 Å². The molecule has 1 heterocycles. The molecule has 6 nitrogen and oxygen atoms in total. The van der Waals surface area contributed by atoms with Crippen LogP contribution in [-0.4, -0.2) is 14.7 Å². The molecule has 0 bridgehead atoms. The summed E-state index contributed by atoms with van der Waals surface area (Å²) in [6.07, 6.45) is 1.74. The van der Waals surface area contributed by atoms with Crippen molar-refractivity contribution in [2.24, 2.45) is 7.05 Å². The third-order valence-electron chi connectivity index (χ3n) is 2.46. The number of halogens is 1. The summed E-state index contributed by atoms with van der Waals surface area (Å²) < 4.78 is 1.63. The Kier molecular flexibility index (Phi) is 3.20.